The maximum absolute atomic E-state index is 11.9. The fraction of sp³-hybridized carbons (Fsp3) is 0.0588. The van der Waals surface area contributed by atoms with Crippen molar-refractivity contribution >= 4 is 46.9 Å². The van der Waals surface area contributed by atoms with Crippen LogP contribution in [0.25, 0.3) is 6.08 Å². The van der Waals surface area contributed by atoms with Gasteiger partial charge in [0.1, 0.15) is 10.7 Å². The molecule has 0 saturated carbocycles. The summed E-state index contributed by atoms with van der Waals surface area (Å²) in [5, 5.41) is 18.4. The van der Waals surface area contributed by atoms with Crippen molar-refractivity contribution in [3.05, 3.63) is 80.2 Å². The molecule has 0 bridgehead atoms. The van der Waals surface area contributed by atoms with Crippen molar-refractivity contribution in [1.29, 1.82) is 0 Å². The molecule has 3 rings (SSSR count). The highest BCUT2D eigenvalue weighted by Crippen LogP contribution is 2.22. The number of furan rings is 1. The normalized spacial score (nSPS) is 11.0. The fourth-order valence-electron chi connectivity index (χ4n) is 2.20. The van der Waals surface area contributed by atoms with Crippen LogP contribution in [0.3, 0.4) is 0 Å². The second-order valence-electron chi connectivity index (χ2n) is 5.39. The molecule has 0 radical (unpaired) electrons. The largest absolute Gasteiger partial charge is 0.433 e. The van der Waals surface area contributed by atoms with Gasteiger partial charge in [0.15, 0.2) is 5.82 Å². The van der Waals surface area contributed by atoms with Crippen LogP contribution >= 0.6 is 23.2 Å². The fourth-order valence-corrected chi connectivity index (χ4v) is 2.66. The SMILES string of the molecule is O=C(/C=C/c1ccc([N+](=O)[O-])o1)Nc1ccn(Cc2ccc(Cl)cc2Cl)n1. The van der Waals surface area contributed by atoms with E-state index in [0.29, 0.717) is 22.4 Å². The molecule has 138 valence electrons. The highest BCUT2D eigenvalue weighted by Gasteiger charge is 2.10. The van der Waals surface area contributed by atoms with E-state index in [9.17, 15) is 14.9 Å². The third-order valence-corrected chi connectivity index (χ3v) is 4.02. The van der Waals surface area contributed by atoms with Gasteiger partial charge in [0.25, 0.3) is 0 Å². The molecule has 0 atom stereocenters. The number of hydrogen-bond acceptors (Lipinski definition) is 5. The predicted molar refractivity (Wildman–Crippen MR) is 101 cm³/mol. The van der Waals surface area contributed by atoms with E-state index in [4.69, 9.17) is 27.6 Å². The van der Waals surface area contributed by atoms with E-state index in [-0.39, 0.29) is 5.76 Å². The maximum atomic E-state index is 11.9. The third-order valence-electron chi connectivity index (χ3n) is 3.43. The number of halogens is 2. The van der Waals surface area contributed by atoms with Crippen molar-refractivity contribution in [2.45, 2.75) is 6.54 Å². The van der Waals surface area contributed by atoms with Crippen molar-refractivity contribution in [3.8, 4) is 0 Å². The Hall–Kier alpha value is -3.10. The number of carbonyl (C=O) groups is 1. The topological polar surface area (TPSA) is 103 Å². The standard InChI is InChI=1S/C17H12Cl2N4O4/c18-12-2-1-11(14(19)9-12)10-22-8-7-15(21-22)20-16(24)5-3-13-4-6-17(27-13)23(25)26/h1-9H,10H2,(H,20,21,24)/b5-3+. The van der Waals surface area contributed by atoms with Gasteiger partial charge in [0.05, 0.1) is 12.6 Å². The number of nitro groups is 1. The number of nitrogens with one attached hydrogen (secondary N) is 1. The summed E-state index contributed by atoms with van der Waals surface area (Å²) in [4.78, 5) is 21.8. The van der Waals surface area contributed by atoms with Crippen LogP contribution in [0.4, 0.5) is 11.7 Å². The molecule has 2 heterocycles. The van der Waals surface area contributed by atoms with Gasteiger partial charge in [-0.1, -0.05) is 29.3 Å². The van der Waals surface area contributed by atoms with E-state index in [1.165, 1.54) is 24.3 Å². The Morgan fingerprint density at radius 1 is 1.30 bits per heavy atom. The Balaban J connectivity index is 1.60. The van der Waals surface area contributed by atoms with Gasteiger partial charge in [0, 0.05) is 28.4 Å². The van der Waals surface area contributed by atoms with Crippen molar-refractivity contribution in [2.75, 3.05) is 5.32 Å². The van der Waals surface area contributed by atoms with Crippen LogP contribution in [0, 0.1) is 10.1 Å². The number of nitrogens with zero attached hydrogens (tertiary/aromatic N) is 3. The van der Waals surface area contributed by atoms with E-state index in [1.54, 1.807) is 35.1 Å². The average molecular weight is 407 g/mol. The van der Waals surface area contributed by atoms with Crippen LogP contribution in [0.2, 0.25) is 10.0 Å². The number of benzene rings is 1. The number of aromatic nitrogens is 2. The lowest BCUT2D eigenvalue weighted by Gasteiger charge is -2.05. The molecule has 10 heteroatoms. The van der Waals surface area contributed by atoms with Crippen LogP contribution in [0.5, 0.6) is 0 Å². The molecular weight excluding hydrogens is 395 g/mol. The molecule has 1 amide bonds. The molecule has 0 saturated heterocycles. The van der Waals surface area contributed by atoms with Gasteiger partial charge in [-0.2, -0.15) is 5.10 Å². The number of rotatable bonds is 6. The molecule has 0 spiro atoms. The van der Waals surface area contributed by atoms with E-state index < -0.39 is 16.7 Å². The summed E-state index contributed by atoms with van der Waals surface area (Å²) in [7, 11) is 0. The van der Waals surface area contributed by atoms with E-state index in [2.05, 4.69) is 10.4 Å². The summed E-state index contributed by atoms with van der Waals surface area (Å²) in [6.45, 7) is 0.414. The molecule has 0 fully saturated rings. The second-order valence-corrected chi connectivity index (χ2v) is 6.23. The van der Waals surface area contributed by atoms with Crippen molar-refractivity contribution < 1.29 is 14.1 Å². The van der Waals surface area contributed by atoms with E-state index >= 15 is 0 Å². The summed E-state index contributed by atoms with van der Waals surface area (Å²) in [6.07, 6.45) is 4.21. The van der Waals surface area contributed by atoms with Crippen LogP contribution < -0.4 is 5.32 Å². The average Bonchev–Trinajstić information content (AvgIpc) is 3.25. The van der Waals surface area contributed by atoms with E-state index in [1.807, 2.05) is 0 Å². The number of amides is 1. The quantitative estimate of drug-likeness (QED) is 0.371. The molecule has 3 aromatic rings. The Morgan fingerprint density at radius 3 is 2.81 bits per heavy atom. The lowest BCUT2D eigenvalue weighted by atomic mass is 10.2. The minimum Gasteiger partial charge on any atom is -0.401 e. The highest BCUT2D eigenvalue weighted by molar-refractivity contribution is 6.35. The van der Waals surface area contributed by atoms with Crippen LogP contribution in [0.15, 0.2) is 53.1 Å². The minimum atomic E-state index is -0.656. The zero-order valence-electron chi connectivity index (χ0n) is 13.6. The molecule has 0 aliphatic rings. The van der Waals surface area contributed by atoms with Gasteiger partial charge in [-0.05, 0) is 29.8 Å². The second kappa shape index (κ2) is 8.07. The minimum absolute atomic E-state index is 0.194. The number of anilines is 1. The highest BCUT2D eigenvalue weighted by atomic mass is 35.5. The summed E-state index contributed by atoms with van der Waals surface area (Å²) < 4.78 is 6.54. The van der Waals surface area contributed by atoms with Crippen LogP contribution in [0.1, 0.15) is 11.3 Å². The monoisotopic (exact) mass is 406 g/mol. The van der Waals surface area contributed by atoms with Gasteiger partial charge < -0.3 is 9.73 Å². The van der Waals surface area contributed by atoms with Gasteiger partial charge in [0.2, 0.25) is 5.91 Å². The van der Waals surface area contributed by atoms with E-state index in [0.717, 1.165) is 5.56 Å². The summed E-state index contributed by atoms with van der Waals surface area (Å²) in [6, 6.07) is 9.42. The number of carbonyl (C=O) groups excluding carboxylic acids is 1. The zero-order chi connectivity index (χ0) is 19.4. The van der Waals surface area contributed by atoms with Crippen LogP contribution in [-0.4, -0.2) is 20.6 Å². The molecule has 8 nitrogen and oxygen atoms in total. The summed E-state index contributed by atoms with van der Waals surface area (Å²) in [5.41, 5.74) is 0.835. The molecular formula is C17H12Cl2N4O4. The van der Waals surface area contributed by atoms with Crippen molar-refractivity contribution in [2.24, 2.45) is 0 Å². The Kier molecular flexibility index (Phi) is 5.58. The summed E-state index contributed by atoms with van der Waals surface area (Å²) >= 11 is 12.0. The van der Waals surface area contributed by atoms with Crippen LogP contribution in [-0.2, 0) is 11.3 Å². The van der Waals surface area contributed by atoms with Gasteiger partial charge in [-0.25, -0.2) is 0 Å². The maximum Gasteiger partial charge on any atom is 0.433 e. The lowest BCUT2D eigenvalue weighted by Crippen LogP contribution is -2.09. The Bertz CT molecular complexity index is 1030. The first kappa shape index (κ1) is 18.7. The Morgan fingerprint density at radius 2 is 2.11 bits per heavy atom. The first-order chi connectivity index (χ1) is 12.9. The van der Waals surface area contributed by atoms with Crippen molar-refractivity contribution in [3.63, 3.8) is 0 Å². The smallest absolute Gasteiger partial charge is 0.401 e. The third kappa shape index (κ3) is 4.96. The molecule has 0 unspecified atom stereocenters. The molecule has 27 heavy (non-hydrogen) atoms. The molecule has 2 aromatic heterocycles. The Labute approximate surface area is 163 Å². The molecule has 0 aliphatic carbocycles. The van der Waals surface area contributed by atoms with Gasteiger partial charge >= 0.3 is 5.88 Å². The summed E-state index contributed by atoms with van der Waals surface area (Å²) in [5.74, 6) is -0.307. The zero-order valence-corrected chi connectivity index (χ0v) is 15.1. The molecule has 1 aromatic carbocycles. The van der Waals surface area contributed by atoms with Gasteiger partial charge in [-0.3, -0.25) is 19.6 Å². The van der Waals surface area contributed by atoms with Gasteiger partial charge in [-0.15, -0.1) is 0 Å². The predicted octanol–water partition coefficient (Wildman–Crippen LogP) is 4.39. The first-order valence-electron chi connectivity index (χ1n) is 7.61. The first-order valence-corrected chi connectivity index (χ1v) is 8.37. The van der Waals surface area contributed by atoms with Crippen molar-refractivity contribution in [1.82, 2.24) is 9.78 Å². The number of hydrogen-bond donors (Lipinski definition) is 1. The molecule has 1 N–H and O–H groups in total. The lowest BCUT2D eigenvalue weighted by molar-refractivity contribution is -0.402. The molecule has 0 aliphatic heterocycles.